The molecule has 28 heavy (non-hydrogen) atoms. The lowest BCUT2D eigenvalue weighted by Crippen LogP contribution is -2.23. The third-order valence-corrected chi connectivity index (χ3v) is 4.90. The van der Waals surface area contributed by atoms with Gasteiger partial charge in [0.05, 0.1) is 16.2 Å². The van der Waals surface area contributed by atoms with Crippen LogP contribution in [0.25, 0.3) is 6.08 Å². The van der Waals surface area contributed by atoms with Gasteiger partial charge in [-0.3, -0.25) is 9.69 Å². The van der Waals surface area contributed by atoms with Crippen molar-refractivity contribution in [3.63, 3.8) is 0 Å². The van der Waals surface area contributed by atoms with Crippen molar-refractivity contribution in [1.29, 1.82) is 0 Å². The zero-order valence-electron chi connectivity index (χ0n) is 15.0. The molecule has 0 aliphatic carbocycles. The molecule has 1 amide bonds. The average Bonchev–Trinajstić information content (AvgIpc) is 2.95. The molecule has 0 aromatic heterocycles. The van der Waals surface area contributed by atoms with Gasteiger partial charge < -0.3 is 9.84 Å². The van der Waals surface area contributed by atoms with Gasteiger partial charge in [-0.1, -0.05) is 18.1 Å². The summed E-state index contributed by atoms with van der Waals surface area (Å²) in [5, 5.41) is 9.48. The number of amidine groups is 1. The maximum absolute atomic E-state index is 12.5. The van der Waals surface area contributed by atoms with Crippen molar-refractivity contribution in [2.24, 2.45) is 4.99 Å². The molecule has 1 heterocycles. The van der Waals surface area contributed by atoms with Gasteiger partial charge in [0.15, 0.2) is 5.17 Å². The molecular formula is C21H16N2O4S. The Bertz CT molecular complexity index is 1000. The molecule has 1 N–H and O–H groups in total. The summed E-state index contributed by atoms with van der Waals surface area (Å²) in [7, 11) is 1.65. The Morgan fingerprint density at radius 1 is 1.25 bits per heavy atom. The van der Waals surface area contributed by atoms with E-state index in [2.05, 4.69) is 10.9 Å². The van der Waals surface area contributed by atoms with Crippen molar-refractivity contribution in [1.82, 2.24) is 4.90 Å². The second kappa shape index (κ2) is 8.46. The third-order valence-electron chi connectivity index (χ3n) is 3.84. The van der Waals surface area contributed by atoms with Crippen LogP contribution < -0.4 is 4.74 Å². The quantitative estimate of drug-likeness (QED) is 0.621. The van der Waals surface area contributed by atoms with Crippen LogP contribution in [0.15, 0.2) is 58.4 Å². The number of ether oxygens (including phenoxy) is 1. The number of carboxylic acids is 1. The van der Waals surface area contributed by atoms with E-state index in [0.717, 1.165) is 5.56 Å². The number of nitrogens with zero attached hydrogens (tertiary/aromatic N) is 2. The topological polar surface area (TPSA) is 79.2 Å². The summed E-state index contributed by atoms with van der Waals surface area (Å²) < 4.78 is 5.33. The number of carbonyl (C=O) groups excluding carboxylic acids is 1. The Morgan fingerprint density at radius 3 is 2.54 bits per heavy atom. The Balaban J connectivity index is 1.78. The average molecular weight is 392 g/mol. The van der Waals surface area contributed by atoms with Crippen molar-refractivity contribution < 1.29 is 19.4 Å². The number of carbonyl (C=O) groups is 2. The number of thioether (sulfide) groups is 1. The Labute approximate surface area is 166 Å². The zero-order valence-corrected chi connectivity index (χ0v) is 15.8. The predicted octanol–water partition coefficient (Wildman–Crippen LogP) is 3.63. The summed E-state index contributed by atoms with van der Waals surface area (Å²) in [6, 6.07) is 13.4. The van der Waals surface area contributed by atoms with E-state index in [-0.39, 0.29) is 18.1 Å². The maximum atomic E-state index is 12.5. The van der Waals surface area contributed by atoms with Crippen LogP contribution in [0.4, 0.5) is 5.69 Å². The summed E-state index contributed by atoms with van der Waals surface area (Å²) in [4.78, 5) is 29.9. The lowest BCUT2D eigenvalue weighted by molar-refractivity contribution is -0.121. The highest BCUT2D eigenvalue weighted by Crippen LogP contribution is 2.33. The van der Waals surface area contributed by atoms with Gasteiger partial charge in [-0.2, -0.15) is 0 Å². The van der Waals surface area contributed by atoms with Crippen molar-refractivity contribution in [3.8, 4) is 18.1 Å². The van der Waals surface area contributed by atoms with Gasteiger partial charge in [0.2, 0.25) is 0 Å². The number of likely N-dealkylation sites (N-methyl/N-ethyl adjacent to an activating group) is 1. The van der Waals surface area contributed by atoms with E-state index in [1.165, 1.54) is 28.8 Å². The van der Waals surface area contributed by atoms with E-state index in [1.54, 1.807) is 37.4 Å². The van der Waals surface area contributed by atoms with E-state index in [9.17, 15) is 9.59 Å². The molecule has 0 unspecified atom stereocenters. The summed E-state index contributed by atoms with van der Waals surface area (Å²) >= 11 is 1.26. The van der Waals surface area contributed by atoms with Crippen LogP contribution in [0, 0.1) is 12.3 Å². The molecule has 3 rings (SSSR count). The van der Waals surface area contributed by atoms with E-state index < -0.39 is 5.97 Å². The molecule has 1 fully saturated rings. The summed E-state index contributed by atoms with van der Waals surface area (Å²) in [5.74, 6) is 1.91. The molecule has 0 bridgehead atoms. The third kappa shape index (κ3) is 4.42. The molecule has 6 nitrogen and oxygen atoms in total. The van der Waals surface area contributed by atoms with Crippen LogP contribution in [0.5, 0.6) is 5.75 Å². The van der Waals surface area contributed by atoms with E-state index in [0.29, 0.717) is 21.5 Å². The van der Waals surface area contributed by atoms with Crippen LogP contribution in [0.3, 0.4) is 0 Å². The predicted molar refractivity (Wildman–Crippen MR) is 110 cm³/mol. The second-order valence-electron chi connectivity index (χ2n) is 5.78. The van der Waals surface area contributed by atoms with Gasteiger partial charge in [0, 0.05) is 7.05 Å². The summed E-state index contributed by atoms with van der Waals surface area (Å²) in [5.41, 5.74) is 1.61. The number of rotatable bonds is 5. The number of benzene rings is 2. The first-order chi connectivity index (χ1) is 13.5. The fourth-order valence-corrected chi connectivity index (χ4v) is 3.36. The molecular weight excluding hydrogens is 376 g/mol. The molecule has 7 heteroatoms. The number of carboxylic acid groups (broad SMARTS) is 1. The van der Waals surface area contributed by atoms with Gasteiger partial charge in [0.25, 0.3) is 5.91 Å². The number of hydrogen-bond acceptors (Lipinski definition) is 5. The maximum Gasteiger partial charge on any atom is 0.335 e. The van der Waals surface area contributed by atoms with Crippen LogP contribution in [0.1, 0.15) is 15.9 Å². The van der Waals surface area contributed by atoms with Gasteiger partial charge in [-0.15, -0.1) is 6.42 Å². The SMILES string of the molecule is C#CCOc1ccc(/C=C2/SC(=Nc3ccc(C(=O)O)cc3)N(C)C2=O)cc1. The van der Waals surface area contributed by atoms with Crippen LogP contribution >= 0.6 is 11.8 Å². The summed E-state index contributed by atoms with van der Waals surface area (Å²) in [6.45, 7) is 0.201. The van der Waals surface area contributed by atoms with Gasteiger partial charge in [-0.05, 0) is 59.8 Å². The van der Waals surface area contributed by atoms with Crippen LogP contribution in [-0.4, -0.2) is 40.7 Å². The van der Waals surface area contributed by atoms with E-state index >= 15 is 0 Å². The molecule has 1 aliphatic rings. The number of terminal acetylenes is 1. The van der Waals surface area contributed by atoms with Gasteiger partial charge in [0.1, 0.15) is 12.4 Å². The van der Waals surface area contributed by atoms with E-state index in [1.807, 2.05) is 12.1 Å². The minimum atomic E-state index is -0.998. The van der Waals surface area contributed by atoms with Gasteiger partial charge in [-0.25, -0.2) is 9.79 Å². The lowest BCUT2D eigenvalue weighted by atomic mass is 10.2. The van der Waals surface area contributed by atoms with Gasteiger partial charge >= 0.3 is 5.97 Å². The number of amides is 1. The first kappa shape index (κ1) is 19.3. The molecule has 1 saturated heterocycles. The molecule has 2 aromatic rings. The van der Waals surface area contributed by atoms with Crippen molar-refractivity contribution in [2.75, 3.05) is 13.7 Å². The normalized spacial score (nSPS) is 16.4. The first-order valence-corrected chi connectivity index (χ1v) is 9.05. The smallest absolute Gasteiger partial charge is 0.335 e. The number of hydrogen-bond donors (Lipinski definition) is 1. The lowest BCUT2D eigenvalue weighted by Gasteiger charge is -2.07. The minimum Gasteiger partial charge on any atom is -0.481 e. The molecule has 1 aliphatic heterocycles. The fraction of sp³-hybridized carbons (Fsp3) is 0.0952. The molecule has 2 aromatic carbocycles. The highest BCUT2D eigenvalue weighted by Gasteiger charge is 2.30. The van der Waals surface area contributed by atoms with Crippen molar-refractivity contribution >= 4 is 40.6 Å². The molecule has 0 saturated carbocycles. The highest BCUT2D eigenvalue weighted by atomic mass is 32.2. The van der Waals surface area contributed by atoms with Crippen molar-refractivity contribution in [3.05, 3.63) is 64.6 Å². The zero-order chi connectivity index (χ0) is 20.1. The molecule has 0 radical (unpaired) electrons. The largest absolute Gasteiger partial charge is 0.481 e. The van der Waals surface area contributed by atoms with E-state index in [4.69, 9.17) is 16.3 Å². The monoisotopic (exact) mass is 392 g/mol. The molecule has 140 valence electrons. The molecule has 0 spiro atoms. The molecule has 0 atom stereocenters. The van der Waals surface area contributed by atoms with Crippen molar-refractivity contribution in [2.45, 2.75) is 0 Å². The fourth-order valence-electron chi connectivity index (χ4n) is 2.38. The Morgan fingerprint density at radius 2 is 1.93 bits per heavy atom. The Hall–Kier alpha value is -3.50. The highest BCUT2D eigenvalue weighted by molar-refractivity contribution is 8.18. The van der Waals surface area contributed by atoms with Crippen LogP contribution in [-0.2, 0) is 4.79 Å². The number of aliphatic imine (C=N–C) groups is 1. The minimum absolute atomic E-state index is 0.154. The first-order valence-electron chi connectivity index (χ1n) is 8.24. The standard InChI is InChI=1S/C21H16N2O4S/c1-3-12-27-17-10-4-14(5-11-17)13-18-19(24)23(2)21(28-18)22-16-8-6-15(7-9-16)20(25)26/h1,4-11,13H,12H2,2H3,(H,25,26)/b18-13+,22-21?. The summed E-state index contributed by atoms with van der Waals surface area (Å²) in [6.07, 6.45) is 6.95. The van der Waals surface area contributed by atoms with Crippen LogP contribution in [0.2, 0.25) is 0 Å². The number of aromatic carboxylic acids is 1. The Kier molecular flexibility index (Phi) is 5.82. The second-order valence-corrected chi connectivity index (χ2v) is 6.79.